The van der Waals surface area contributed by atoms with E-state index >= 15 is 0 Å². The molecule has 5 nitrogen and oxygen atoms in total. The molecule has 0 aliphatic carbocycles. The van der Waals surface area contributed by atoms with E-state index in [9.17, 15) is 0 Å². The SMILES string of the molecule is Cc1cnn(C2CCN(c3ccc(C)nn3)C2)c1. The highest BCUT2D eigenvalue weighted by atomic mass is 15.3. The second-order valence-corrected chi connectivity index (χ2v) is 4.92. The molecular weight excluding hydrogens is 226 g/mol. The fourth-order valence-electron chi connectivity index (χ4n) is 2.36. The number of rotatable bonds is 2. The number of nitrogens with zero attached hydrogens (tertiary/aromatic N) is 5. The molecule has 94 valence electrons. The van der Waals surface area contributed by atoms with Crippen molar-refractivity contribution in [1.82, 2.24) is 20.0 Å². The summed E-state index contributed by atoms with van der Waals surface area (Å²) in [6.45, 7) is 6.00. The predicted octanol–water partition coefficient (Wildman–Crippen LogP) is 1.74. The average Bonchev–Trinajstić information content (AvgIpc) is 2.98. The van der Waals surface area contributed by atoms with Crippen molar-refractivity contribution in [1.29, 1.82) is 0 Å². The molecule has 0 spiro atoms. The summed E-state index contributed by atoms with van der Waals surface area (Å²) in [5, 5.41) is 12.7. The molecule has 0 radical (unpaired) electrons. The molecule has 5 heteroatoms. The Hall–Kier alpha value is -1.91. The van der Waals surface area contributed by atoms with Gasteiger partial charge in [-0.2, -0.15) is 10.2 Å². The van der Waals surface area contributed by atoms with Gasteiger partial charge >= 0.3 is 0 Å². The zero-order valence-electron chi connectivity index (χ0n) is 10.7. The largest absolute Gasteiger partial charge is 0.353 e. The smallest absolute Gasteiger partial charge is 0.151 e. The van der Waals surface area contributed by atoms with E-state index in [1.165, 1.54) is 5.56 Å². The molecule has 0 N–H and O–H groups in total. The Balaban J connectivity index is 1.73. The number of hydrogen-bond acceptors (Lipinski definition) is 4. The molecule has 3 heterocycles. The van der Waals surface area contributed by atoms with Gasteiger partial charge in [0.15, 0.2) is 5.82 Å². The lowest BCUT2D eigenvalue weighted by molar-refractivity contribution is 0.494. The standard InChI is InChI=1S/C13H17N5/c1-10-7-14-18(8-10)12-5-6-17(9-12)13-4-3-11(2)15-16-13/h3-4,7-8,12H,5-6,9H2,1-2H3. The van der Waals surface area contributed by atoms with Gasteiger partial charge in [0, 0.05) is 19.3 Å². The molecule has 2 aromatic rings. The Bertz CT molecular complexity index is 531. The van der Waals surface area contributed by atoms with Crippen LogP contribution in [0.25, 0.3) is 0 Å². The van der Waals surface area contributed by atoms with E-state index in [1.54, 1.807) is 0 Å². The maximum atomic E-state index is 4.39. The minimum atomic E-state index is 0.446. The van der Waals surface area contributed by atoms with Gasteiger partial charge in [0.25, 0.3) is 0 Å². The normalized spacial score (nSPS) is 19.4. The number of anilines is 1. The summed E-state index contributed by atoms with van der Waals surface area (Å²) >= 11 is 0. The van der Waals surface area contributed by atoms with Gasteiger partial charge < -0.3 is 4.90 Å². The Morgan fingerprint density at radius 3 is 2.78 bits per heavy atom. The molecule has 0 aromatic carbocycles. The van der Waals surface area contributed by atoms with Crippen molar-refractivity contribution in [2.45, 2.75) is 26.3 Å². The first-order valence-corrected chi connectivity index (χ1v) is 6.28. The van der Waals surface area contributed by atoms with Crippen molar-refractivity contribution in [3.05, 3.63) is 35.8 Å². The van der Waals surface area contributed by atoms with Crippen molar-refractivity contribution < 1.29 is 0 Å². The first kappa shape index (κ1) is 11.2. The highest BCUT2D eigenvalue weighted by Crippen LogP contribution is 2.24. The molecule has 2 aromatic heterocycles. The first-order valence-electron chi connectivity index (χ1n) is 6.28. The van der Waals surface area contributed by atoms with Gasteiger partial charge in [-0.25, -0.2) is 0 Å². The minimum Gasteiger partial charge on any atom is -0.353 e. The van der Waals surface area contributed by atoms with E-state index in [0.29, 0.717) is 6.04 Å². The summed E-state index contributed by atoms with van der Waals surface area (Å²) < 4.78 is 2.07. The summed E-state index contributed by atoms with van der Waals surface area (Å²) in [5.41, 5.74) is 2.17. The average molecular weight is 243 g/mol. The van der Waals surface area contributed by atoms with Gasteiger partial charge in [0.05, 0.1) is 17.9 Å². The van der Waals surface area contributed by atoms with E-state index < -0.39 is 0 Å². The monoisotopic (exact) mass is 243 g/mol. The summed E-state index contributed by atoms with van der Waals surface area (Å²) in [5.74, 6) is 0.965. The van der Waals surface area contributed by atoms with Gasteiger partial charge in [-0.3, -0.25) is 4.68 Å². The number of aromatic nitrogens is 4. The zero-order chi connectivity index (χ0) is 12.5. The Labute approximate surface area is 106 Å². The second kappa shape index (κ2) is 4.40. The van der Waals surface area contributed by atoms with Crippen LogP contribution < -0.4 is 4.90 Å². The van der Waals surface area contributed by atoms with Gasteiger partial charge in [-0.05, 0) is 38.0 Å². The van der Waals surface area contributed by atoms with Crippen LogP contribution in [0.3, 0.4) is 0 Å². The van der Waals surface area contributed by atoms with Crippen LogP contribution in [-0.4, -0.2) is 33.1 Å². The number of hydrogen-bond donors (Lipinski definition) is 0. The summed E-state index contributed by atoms with van der Waals surface area (Å²) in [7, 11) is 0. The van der Waals surface area contributed by atoms with Crippen LogP contribution in [-0.2, 0) is 0 Å². The van der Waals surface area contributed by atoms with Gasteiger partial charge in [-0.15, -0.1) is 5.10 Å². The lowest BCUT2D eigenvalue weighted by Crippen LogP contribution is -2.22. The molecule has 1 aliphatic heterocycles. The molecule has 0 saturated carbocycles. The van der Waals surface area contributed by atoms with Crippen LogP contribution in [0, 0.1) is 13.8 Å². The van der Waals surface area contributed by atoms with Gasteiger partial charge in [-0.1, -0.05) is 0 Å². The van der Waals surface area contributed by atoms with Crippen molar-refractivity contribution in [2.75, 3.05) is 18.0 Å². The maximum Gasteiger partial charge on any atom is 0.151 e. The molecule has 3 rings (SSSR count). The fourth-order valence-corrected chi connectivity index (χ4v) is 2.36. The molecule has 1 unspecified atom stereocenters. The first-order chi connectivity index (χ1) is 8.72. The molecular formula is C13H17N5. The Morgan fingerprint density at radius 1 is 1.22 bits per heavy atom. The van der Waals surface area contributed by atoms with Crippen LogP contribution in [0.2, 0.25) is 0 Å². The lowest BCUT2D eigenvalue weighted by atomic mass is 10.3. The van der Waals surface area contributed by atoms with E-state index in [2.05, 4.69) is 38.0 Å². The molecule has 1 fully saturated rings. The molecule has 1 atom stereocenters. The summed E-state index contributed by atoms with van der Waals surface area (Å²) in [6.07, 6.45) is 5.13. The molecule has 1 saturated heterocycles. The van der Waals surface area contributed by atoms with Crippen molar-refractivity contribution in [3.8, 4) is 0 Å². The van der Waals surface area contributed by atoms with Gasteiger partial charge in [0.2, 0.25) is 0 Å². The van der Waals surface area contributed by atoms with E-state index in [1.807, 2.05) is 25.3 Å². The third-order valence-electron chi connectivity index (χ3n) is 3.38. The van der Waals surface area contributed by atoms with Crippen LogP contribution in [0.15, 0.2) is 24.5 Å². The highest BCUT2D eigenvalue weighted by molar-refractivity contribution is 5.38. The van der Waals surface area contributed by atoms with Crippen molar-refractivity contribution in [3.63, 3.8) is 0 Å². The molecule has 18 heavy (non-hydrogen) atoms. The van der Waals surface area contributed by atoms with E-state index in [-0.39, 0.29) is 0 Å². The van der Waals surface area contributed by atoms with Crippen LogP contribution >= 0.6 is 0 Å². The number of aryl methyl sites for hydroxylation is 2. The molecule has 0 amide bonds. The topological polar surface area (TPSA) is 46.8 Å². The minimum absolute atomic E-state index is 0.446. The highest BCUT2D eigenvalue weighted by Gasteiger charge is 2.25. The predicted molar refractivity (Wildman–Crippen MR) is 69.6 cm³/mol. The van der Waals surface area contributed by atoms with Crippen molar-refractivity contribution >= 4 is 5.82 Å². The summed E-state index contributed by atoms with van der Waals surface area (Å²) in [6, 6.07) is 4.49. The lowest BCUT2D eigenvalue weighted by Gasteiger charge is -2.16. The van der Waals surface area contributed by atoms with E-state index in [0.717, 1.165) is 31.0 Å². The maximum absolute atomic E-state index is 4.39. The second-order valence-electron chi connectivity index (χ2n) is 4.92. The van der Waals surface area contributed by atoms with Crippen LogP contribution in [0.4, 0.5) is 5.82 Å². The zero-order valence-corrected chi connectivity index (χ0v) is 10.7. The van der Waals surface area contributed by atoms with E-state index in [4.69, 9.17) is 0 Å². The quantitative estimate of drug-likeness (QED) is 0.806. The Kier molecular flexibility index (Phi) is 2.74. The van der Waals surface area contributed by atoms with Crippen LogP contribution in [0.5, 0.6) is 0 Å². The third-order valence-corrected chi connectivity index (χ3v) is 3.38. The Morgan fingerprint density at radius 2 is 2.11 bits per heavy atom. The fraction of sp³-hybridized carbons (Fsp3) is 0.462. The van der Waals surface area contributed by atoms with Crippen LogP contribution in [0.1, 0.15) is 23.7 Å². The summed E-state index contributed by atoms with van der Waals surface area (Å²) in [4.78, 5) is 2.27. The van der Waals surface area contributed by atoms with Crippen molar-refractivity contribution in [2.24, 2.45) is 0 Å². The van der Waals surface area contributed by atoms with Gasteiger partial charge in [0.1, 0.15) is 0 Å². The third kappa shape index (κ3) is 2.08. The molecule has 0 bridgehead atoms. The molecule has 1 aliphatic rings.